The van der Waals surface area contributed by atoms with Crippen LogP contribution in [0, 0.1) is 11.8 Å². The van der Waals surface area contributed by atoms with Gasteiger partial charge in [-0.25, -0.2) is 4.39 Å². The Bertz CT molecular complexity index is 618. The molecule has 3 nitrogen and oxygen atoms in total. The molecule has 2 rings (SSSR count). The van der Waals surface area contributed by atoms with Crippen molar-refractivity contribution in [2.45, 2.75) is 105 Å². The average molecular weight is 420 g/mol. The molecule has 0 spiro atoms. The van der Waals surface area contributed by atoms with Crippen LogP contribution in [0.15, 0.2) is 24.3 Å². The van der Waals surface area contributed by atoms with Gasteiger partial charge in [-0.1, -0.05) is 71.2 Å². The summed E-state index contributed by atoms with van der Waals surface area (Å²) in [6, 6.07) is 7.71. The zero-order valence-electron chi connectivity index (χ0n) is 19.7. The second-order valence-electron chi connectivity index (χ2n) is 8.84. The maximum atomic E-state index is 12.4. The van der Waals surface area contributed by atoms with Gasteiger partial charge in [-0.15, -0.1) is 0 Å². The number of carbonyl (C=O) groups is 2. The fraction of sp³-hybridized carbons (Fsp3) is 0.692. The Kier molecular flexibility index (Phi) is 12.6. The number of benzene rings is 1. The number of hydrogen-bond donors (Lipinski definition) is 1. The van der Waals surface area contributed by atoms with Crippen molar-refractivity contribution in [3.05, 3.63) is 35.4 Å². The Morgan fingerprint density at radius 1 is 1.07 bits per heavy atom. The monoisotopic (exact) mass is 419 g/mol. The van der Waals surface area contributed by atoms with Crippen LogP contribution < -0.4 is 5.32 Å². The molecule has 2 atom stereocenters. The van der Waals surface area contributed by atoms with Gasteiger partial charge in [0.15, 0.2) is 5.78 Å². The number of Topliss-reactive ketones (excluding diaryl/α,β-unsaturated/α-hetero) is 1. The fourth-order valence-electron chi connectivity index (χ4n) is 3.75. The van der Waals surface area contributed by atoms with Crippen LogP contribution >= 0.6 is 0 Å². The predicted octanol–water partition coefficient (Wildman–Crippen LogP) is 6.75. The highest BCUT2D eigenvalue weighted by molar-refractivity contribution is 5.87. The van der Waals surface area contributed by atoms with E-state index in [0.717, 1.165) is 12.0 Å². The zero-order valence-corrected chi connectivity index (χ0v) is 19.7. The highest BCUT2D eigenvalue weighted by atomic mass is 19.1. The molecule has 0 aliphatic heterocycles. The van der Waals surface area contributed by atoms with E-state index < -0.39 is 0 Å². The molecule has 0 heterocycles. The summed E-state index contributed by atoms with van der Waals surface area (Å²) in [7, 11) is 0. The molecule has 4 heteroatoms. The highest BCUT2D eigenvalue weighted by Gasteiger charge is 2.27. The van der Waals surface area contributed by atoms with Crippen LogP contribution in [0.4, 0.5) is 4.39 Å². The molecule has 170 valence electrons. The van der Waals surface area contributed by atoms with Crippen molar-refractivity contribution >= 4 is 11.7 Å². The van der Waals surface area contributed by atoms with Crippen molar-refractivity contribution in [2.24, 2.45) is 11.8 Å². The summed E-state index contributed by atoms with van der Waals surface area (Å²) in [6.45, 7) is 9.68. The molecule has 30 heavy (non-hydrogen) atoms. The summed E-state index contributed by atoms with van der Waals surface area (Å²) in [5.74, 6) is 1.57. The number of hydrogen-bond acceptors (Lipinski definition) is 2. The van der Waals surface area contributed by atoms with Gasteiger partial charge < -0.3 is 5.32 Å². The summed E-state index contributed by atoms with van der Waals surface area (Å²) in [6.07, 6.45) is 8.76. The zero-order chi connectivity index (χ0) is 22.5. The molecule has 0 saturated heterocycles. The Balaban J connectivity index is 0.000000300. The first-order valence-electron chi connectivity index (χ1n) is 11.8. The molecule has 0 bridgehead atoms. The van der Waals surface area contributed by atoms with Crippen LogP contribution in [-0.2, 0) is 16.3 Å². The molecule has 1 aromatic carbocycles. The van der Waals surface area contributed by atoms with Gasteiger partial charge in [-0.3, -0.25) is 9.59 Å². The standard InChI is InChI=1S/C14H21F.C12H21NO2/c1-3-5-13(6-4-2)14-9-7-12(11-15)8-10-14;1-4-8(2)12(9(3)14)13-11(15)7-10-5-6-10/h7-10,13H,3-6,11H2,1-2H3;8,10,12H,4-7H2,1-3H3,(H,13,15). The maximum Gasteiger partial charge on any atom is 0.220 e. The first-order chi connectivity index (χ1) is 14.4. The van der Waals surface area contributed by atoms with Crippen LogP contribution in [0.1, 0.15) is 103 Å². The lowest BCUT2D eigenvalue weighted by molar-refractivity contribution is -0.128. The van der Waals surface area contributed by atoms with E-state index in [1.165, 1.54) is 44.1 Å². The second kappa shape index (κ2) is 14.3. The maximum absolute atomic E-state index is 12.4. The number of ketones is 1. The van der Waals surface area contributed by atoms with Gasteiger partial charge in [0.1, 0.15) is 6.67 Å². The van der Waals surface area contributed by atoms with Gasteiger partial charge in [0.05, 0.1) is 6.04 Å². The van der Waals surface area contributed by atoms with E-state index in [4.69, 9.17) is 0 Å². The summed E-state index contributed by atoms with van der Waals surface area (Å²) in [4.78, 5) is 22.9. The number of amides is 1. The van der Waals surface area contributed by atoms with Gasteiger partial charge in [0.2, 0.25) is 5.91 Å². The molecule has 1 aliphatic carbocycles. The normalized spacial score (nSPS) is 15.2. The number of rotatable bonds is 12. The Morgan fingerprint density at radius 3 is 2.03 bits per heavy atom. The van der Waals surface area contributed by atoms with Crippen molar-refractivity contribution in [1.29, 1.82) is 0 Å². The molecule has 0 aromatic heterocycles. The van der Waals surface area contributed by atoms with Gasteiger partial charge in [-0.2, -0.15) is 0 Å². The van der Waals surface area contributed by atoms with Crippen LogP contribution in [0.25, 0.3) is 0 Å². The second-order valence-corrected chi connectivity index (χ2v) is 8.84. The molecule has 2 unspecified atom stereocenters. The molecule has 1 amide bonds. The topological polar surface area (TPSA) is 46.2 Å². The van der Waals surface area contributed by atoms with E-state index in [2.05, 4.69) is 31.3 Å². The smallest absolute Gasteiger partial charge is 0.220 e. The van der Waals surface area contributed by atoms with Crippen molar-refractivity contribution in [1.82, 2.24) is 5.32 Å². The summed E-state index contributed by atoms with van der Waals surface area (Å²) in [5, 5.41) is 2.85. The molecule has 0 radical (unpaired) electrons. The van der Waals surface area contributed by atoms with Crippen LogP contribution in [0.2, 0.25) is 0 Å². The van der Waals surface area contributed by atoms with Crippen molar-refractivity contribution in [2.75, 3.05) is 0 Å². The van der Waals surface area contributed by atoms with Crippen molar-refractivity contribution in [3.63, 3.8) is 0 Å². The van der Waals surface area contributed by atoms with Crippen molar-refractivity contribution in [3.8, 4) is 0 Å². The number of nitrogens with one attached hydrogen (secondary N) is 1. The lowest BCUT2D eigenvalue weighted by Crippen LogP contribution is -2.44. The molecule has 1 N–H and O–H groups in total. The molecule has 1 aromatic rings. The summed E-state index contributed by atoms with van der Waals surface area (Å²) < 4.78 is 12.4. The average Bonchev–Trinajstić information content (AvgIpc) is 3.55. The van der Waals surface area contributed by atoms with E-state index in [1.54, 1.807) is 6.92 Å². The quantitative estimate of drug-likeness (QED) is 0.407. The first-order valence-corrected chi connectivity index (χ1v) is 11.8. The van der Waals surface area contributed by atoms with Gasteiger partial charge in [0, 0.05) is 6.42 Å². The molecule has 1 aliphatic rings. The van der Waals surface area contributed by atoms with E-state index in [1.807, 2.05) is 26.0 Å². The third kappa shape index (κ3) is 9.86. The van der Waals surface area contributed by atoms with E-state index in [0.29, 0.717) is 18.3 Å². The summed E-state index contributed by atoms with van der Waals surface area (Å²) >= 11 is 0. The third-order valence-corrected chi connectivity index (χ3v) is 6.02. The number of alkyl halides is 1. The molecule has 1 fully saturated rings. The molecular formula is C26H42FNO2. The molecular weight excluding hydrogens is 377 g/mol. The van der Waals surface area contributed by atoms with Crippen molar-refractivity contribution < 1.29 is 14.0 Å². The Labute approximate surface area is 183 Å². The van der Waals surface area contributed by atoms with Crippen LogP contribution in [-0.4, -0.2) is 17.7 Å². The predicted molar refractivity (Wildman–Crippen MR) is 123 cm³/mol. The highest BCUT2D eigenvalue weighted by Crippen LogP contribution is 2.32. The first kappa shape index (κ1) is 26.3. The van der Waals surface area contributed by atoms with Gasteiger partial charge >= 0.3 is 0 Å². The summed E-state index contributed by atoms with van der Waals surface area (Å²) in [5.41, 5.74) is 2.15. The van der Waals surface area contributed by atoms with E-state index in [-0.39, 0.29) is 30.3 Å². The number of carbonyl (C=O) groups excluding carboxylic acids is 2. The lowest BCUT2D eigenvalue weighted by Gasteiger charge is -2.21. The largest absolute Gasteiger partial charge is 0.346 e. The SMILES string of the molecule is CCC(C)C(NC(=O)CC1CC1)C(C)=O.CCCC(CCC)c1ccc(CF)cc1. The number of halogens is 1. The Morgan fingerprint density at radius 2 is 1.63 bits per heavy atom. The van der Waals surface area contributed by atoms with Crippen LogP contribution in [0.3, 0.4) is 0 Å². The van der Waals surface area contributed by atoms with E-state index >= 15 is 0 Å². The lowest BCUT2D eigenvalue weighted by atomic mass is 9.90. The minimum Gasteiger partial charge on any atom is -0.346 e. The minimum atomic E-state index is -0.355. The van der Waals surface area contributed by atoms with Crippen LogP contribution in [0.5, 0.6) is 0 Å². The van der Waals surface area contributed by atoms with Gasteiger partial charge in [-0.05, 0) is 61.5 Å². The molecule has 1 saturated carbocycles. The minimum absolute atomic E-state index is 0.0398. The van der Waals surface area contributed by atoms with E-state index in [9.17, 15) is 14.0 Å². The fourth-order valence-corrected chi connectivity index (χ4v) is 3.75. The third-order valence-electron chi connectivity index (χ3n) is 6.02. The van der Waals surface area contributed by atoms with Gasteiger partial charge in [0.25, 0.3) is 0 Å². The Hall–Kier alpha value is -1.71.